The third kappa shape index (κ3) is 2.85. The monoisotopic (exact) mass is 271 g/mol. The Morgan fingerprint density at radius 2 is 2.40 bits per heavy atom. The minimum atomic E-state index is 0.00688. The molecule has 0 spiro atoms. The van der Waals surface area contributed by atoms with Crippen molar-refractivity contribution < 1.29 is 4.79 Å². The molecular formula is C14H17N5O. The van der Waals surface area contributed by atoms with Crippen LogP contribution in [0.15, 0.2) is 30.9 Å². The van der Waals surface area contributed by atoms with Gasteiger partial charge in [0.2, 0.25) is 5.91 Å². The maximum atomic E-state index is 12.0. The summed E-state index contributed by atoms with van der Waals surface area (Å²) in [6.45, 7) is 2.37. The van der Waals surface area contributed by atoms with Gasteiger partial charge in [0.1, 0.15) is 12.7 Å². The van der Waals surface area contributed by atoms with Crippen LogP contribution in [0.2, 0.25) is 0 Å². The third-order valence-corrected chi connectivity index (χ3v) is 3.45. The van der Waals surface area contributed by atoms with Crippen molar-refractivity contribution in [3.05, 3.63) is 42.0 Å². The average Bonchev–Trinajstić information content (AvgIpc) is 2.99. The number of fused-ring (bicyclic) bond motifs is 1. The van der Waals surface area contributed by atoms with Gasteiger partial charge in [-0.05, 0) is 30.2 Å². The van der Waals surface area contributed by atoms with Gasteiger partial charge in [-0.1, -0.05) is 12.1 Å². The van der Waals surface area contributed by atoms with Gasteiger partial charge in [0.25, 0.3) is 0 Å². The zero-order chi connectivity index (χ0) is 13.8. The van der Waals surface area contributed by atoms with Gasteiger partial charge in [-0.2, -0.15) is 5.10 Å². The molecule has 1 aliphatic rings. The molecule has 1 amide bonds. The fourth-order valence-electron chi connectivity index (χ4n) is 2.43. The van der Waals surface area contributed by atoms with Gasteiger partial charge in [-0.3, -0.25) is 9.48 Å². The van der Waals surface area contributed by atoms with E-state index in [1.807, 2.05) is 12.1 Å². The van der Waals surface area contributed by atoms with E-state index in [2.05, 4.69) is 26.8 Å². The highest BCUT2D eigenvalue weighted by Gasteiger charge is 2.13. The second-order valence-electron chi connectivity index (χ2n) is 4.83. The number of nitrogens with one attached hydrogen (secondary N) is 2. The first-order valence-electron chi connectivity index (χ1n) is 6.76. The van der Waals surface area contributed by atoms with E-state index in [4.69, 9.17) is 0 Å². The summed E-state index contributed by atoms with van der Waals surface area (Å²) in [5.41, 5.74) is 3.46. The SMILES string of the molecule is O=C(CCn1cncn1)Nc1cccc2c1CCNC2. The van der Waals surface area contributed by atoms with E-state index in [9.17, 15) is 4.79 Å². The zero-order valence-corrected chi connectivity index (χ0v) is 11.2. The average molecular weight is 271 g/mol. The molecule has 2 N–H and O–H groups in total. The number of anilines is 1. The molecule has 0 saturated carbocycles. The van der Waals surface area contributed by atoms with Crippen LogP contribution in [-0.2, 0) is 24.3 Å². The number of carbonyl (C=O) groups excluding carboxylic acids is 1. The van der Waals surface area contributed by atoms with Gasteiger partial charge >= 0.3 is 0 Å². The van der Waals surface area contributed by atoms with Crippen LogP contribution in [0.5, 0.6) is 0 Å². The Kier molecular flexibility index (Phi) is 3.73. The first kappa shape index (κ1) is 12.8. The van der Waals surface area contributed by atoms with Crippen molar-refractivity contribution >= 4 is 11.6 Å². The molecular weight excluding hydrogens is 254 g/mol. The van der Waals surface area contributed by atoms with E-state index < -0.39 is 0 Å². The number of aryl methyl sites for hydroxylation is 1. The van der Waals surface area contributed by atoms with E-state index in [1.54, 1.807) is 11.0 Å². The molecule has 1 aromatic carbocycles. The Labute approximate surface area is 117 Å². The number of rotatable bonds is 4. The molecule has 0 saturated heterocycles. The predicted molar refractivity (Wildman–Crippen MR) is 75.1 cm³/mol. The minimum Gasteiger partial charge on any atom is -0.326 e. The van der Waals surface area contributed by atoms with Crippen molar-refractivity contribution in [1.82, 2.24) is 20.1 Å². The number of nitrogens with zero attached hydrogens (tertiary/aromatic N) is 3. The van der Waals surface area contributed by atoms with Crippen molar-refractivity contribution in [2.45, 2.75) is 25.9 Å². The Bertz CT molecular complexity index is 594. The molecule has 2 aromatic rings. The Balaban J connectivity index is 1.64. The summed E-state index contributed by atoms with van der Waals surface area (Å²) in [5.74, 6) is 0.00688. The zero-order valence-electron chi connectivity index (χ0n) is 11.2. The largest absolute Gasteiger partial charge is 0.326 e. The quantitative estimate of drug-likeness (QED) is 0.868. The lowest BCUT2D eigenvalue weighted by Crippen LogP contribution is -2.25. The molecule has 1 aromatic heterocycles. The number of hydrogen-bond acceptors (Lipinski definition) is 4. The highest BCUT2D eigenvalue weighted by atomic mass is 16.1. The van der Waals surface area contributed by atoms with Crippen LogP contribution >= 0.6 is 0 Å². The van der Waals surface area contributed by atoms with Crippen LogP contribution in [0, 0.1) is 0 Å². The van der Waals surface area contributed by atoms with Crippen molar-refractivity contribution in [2.24, 2.45) is 0 Å². The molecule has 0 atom stereocenters. The topological polar surface area (TPSA) is 71.8 Å². The highest BCUT2D eigenvalue weighted by molar-refractivity contribution is 5.91. The molecule has 6 heteroatoms. The molecule has 20 heavy (non-hydrogen) atoms. The summed E-state index contributed by atoms with van der Waals surface area (Å²) < 4.78 is 1.66. The number of amides is 1. The molecule has 0 unspecified atom stereocenters. The Hall–Kier alpha value is -2.21. The molecule has 104 valence electrons. The maximum Gasteiger partial charge on any atom is 0.226 e. The normalized spacial score (nSPS) is 13.8. The Morgan fingerprint density at radius 3 is 3.25 bits per heavy atom. The number of benzene rings is 1. The van der Waals surface area contributed by atoms with Gasteiger partial charge < -0.3 is 10.6 Å². The smallest absolute Gasteiger partial charge is 0.226 e. The van der Waals surface area contributed by atoms with Crippen LogP contribution < -0.4 is 10.6 Å². The standard InChI is InChI=1S/C14H17N5O/c20-14(5-7-19-10-16-9-17-19)18-13-3-1-2-11-8-15-6-4-12(11)13/h1-3,9-10,15H,4-8H2,(H,18,20). The molecule has 3 rings (SSSR count). The first-order valence-corrected chi connectivity index (χ1v) is 6.76. The lowest BCUT2D eigenvalue weighted by molar-refractivity contribution is -0.116. The molecule has 1 aliphatic heterocycles. The van der Waals surface area contributed by atoms with Gasteiger partial charge in [0.15, 0.2) is 0 Å². The third-order valence-electron chi connectivity index (χ3n) is 3.45. The summed E-state index contributed by atoms with van der Waals surface area (Å²) >= 11 is 0. The second kappa shape index (κ2) is 5.83. The summed E-state index contributed by atoms with van der Waals surface area (Å²) in [4.78, 5) is 15.9. The highest BCUT2D eigenvalue weighted by Crippen LogP contribution is 2.23. The molecule has 0 fully saturated rings. The van der Waals surface area contributed by atoms with Gasteiger partial charge in [-0.15, -0.1) is 0 Å². The predicted octanol–water partition coefficient (Wildman–Crippen LogP) is 0.953. The summed E-state index contributed by atoms with van der Waals surface area (Å²) in [6, 6.07) is 6.06. The first-order chi connectivity index (χ1) is 9.83. The van der Waals surface area contributed by atoms with Crippen molar-refractivity contribution in [1.29, 1.82) is 0 Å². The van der Waals surface area contributed by atoms with Crippen molar-refractivity contribution in [3.8, 4) is 0 Å². The van der Waals surface area contributed by atoms with Crippen LogP contribution in [0.1, 0.15) is 17.5 Å². The van der Waals surface area contributed by atoms with Gasteiger partial charge in [0.05, 0.1) is 6.54 Å². The van der Waals surface area contributed by atoms with E-state index in [-0.39, 0.29) is 5.91 Å². The van der Waals surface area contributed by atoms with Crippen molar-refractivity contribution in [2.75, 3.05) is 11.9 Å². The molecule has 0 bridgehead atoms. The van der Waals surface area contributed by atoms with E-state index in [0.717, 1.165) is 25.2 Å². The van der Waals surface area contributed by atoms with Crippen LogP contribution in [0.3, 0.4) is 0 Å². The molecule has 2 heterocycles. The molecule has 0 aliphatic carbocycles. The summed E-state index contributed by atoms with van der Waals surface area (Å²) in [7, 11) is 0. The van der Waals surface area contributed by atoms with Crippen LogP contribution in [-0.4, -0.2) is 27.2 Å². The molecule has 6 nitrogen and oxygen atoms in total. The second-order valence-corrected chi connectivity index (χ2v) is 4.83. The van der Waals surface area contributed by atoms with Crippen LogP contribution in [0.4, 0.5) is 5.69 Å². The van der Waals surface area contributed by atoms with Gasteiger partial charge in [-0.25, -0.2) is 4.98 Å². The summed E-state index contributed by atoms with van der Waals surface area (Å²) in [6.07, 6.45) is 4.43. The number of aromatic nitrogens is 3. The maximum absolute atomic E-state index is 12.0. The van der Waals surface area contributed by atoms with Crippen LogP contribution in [0.25, 0.3) is 0 Å². The fraction of sp³-hybridized carbons (Fsp3) is 0.357. The van der Waals surface area contributed by atoms with E-state index in [0.29, 0.717) is 13.0 Å². The number of hydrogen-bond donors (Lipinski definition) is 2. The summed E-state index contributed by atoms with van der Waals surface area (Å²) in [5, 5.41) is 10.3. The van der Waals surface area contributed by atoms with Crippen molar-refractivity contribution in [3.63, 3.8) is 0 Å². The molecule has 0 radical (unpaired) electrons. The number of carbonyl (C=O) groups is 1. The minimum absolute atomic E-state index is 0.00688. The fourth-order valence-corrected chi connectivity index (χ4v) is 2.43. The van der Waals surface area contributed by atoms with Gasteiger partial charge in [0, 0.05) is 18.7 Å². The Morgan fingerprint density at radius 1 is 1.45 bits per heavy atom. The van der Waals surface area contributed by atoms with E-state index >= 15 is 0 Å². The van der Waals surface area contributed by atoms with E-state index in [1.165, 1.54) is 17.5 Å². The lowest BCUT2D eigenvalue weighted by Gasteiger charge is -2.20. The lowest BCUT2D eigenvalue weighted by atomic mass is 9.99.